The molecule has 0 saturated carbocycles. The molecule has 0 radical (unpaired) electrons. The Bertz CT molecular complexity index is 3600. The van der Waals surface area contributed by atoms with Gasteiger partial charge in [0.25, 0.3) is 0 Å². The zero-order chi connectivity index (χ0) is 39.7. The van der Waals surface area contributed by atoms with Crippen LogP contribution >= 0.6 is 0 Å². The Morgan fingerprint density at radius 1 is 0.433 bits per heavy atom. The van der Waals surface area contributed by atoms with E-state index in [1.807, 2.05) is 12.1 Å². The quantitative estimate of drug-likeness (QED) is 0.175. The highest BCUT2D eigenvalue weighted by Crippen LogP contribution is 2.42. The van der Waals surface area contributed by atoms with Gasteiger partial charge in [-0.05, 0) is 103 Å². The summed E-state index contributed by atoms with van der Waals surface area (Å²) < 4.78 is 15.4. The van der Waals surface area contributed by atoms with Crippen molar-refractivity contribution in [2.24, 2.45) is 9.98 Å². The van der Waals surface area contributed by atoms with Gasteiger partial charge in [0.2, 0.25) is 0 Å². The van der Waals surface area contributed by atoms with E-state index in [1.165, 1.54) is 32.9 Å². The Morgan fingerprint density at radius 3 is 1.98 bits per heavy atom. The van der Waals surface area contributed by atoms with Crippen LogP contribution in [-0.4, -0.2) is 16.1 Å². The summed E-state index contributed by atoms with van der Waals surface area (Å²) in [5, 5.41) is 6.66. The van der Waals surface area contributed by atoms with E-state index in [4.69, 9.17) is 18.8 Å². The molecule has 0 spiro atoms. The van der Waals surface area contributed by atoms with Crippen LogP contribution in [0.5, 0.6) is 0 Å². The number of allylic oxidation sites excluding steroid dienone is 1. The predicted molar refractivity (Wildman–Crippen MR) is 249 cm³/mol. The van der Waals surface area contributed by atoms with Crippen LogP contribution in [0.2, 0.25) is 0 Å². The van der Waals surface area contributed by atoms with Gasteiger partial charge in [0, 0.05) is 49.1 Å². The molecule has 0 amide bonds. The molecule has 60 heavy (non-hydrogen) atoms. The van der Waals surface area contributed by atoms with Crippen molar-refractivity contribution in [2.75, 3.05) is 0 Å². The lowest BCUT2D eigenvalue weighted by atomic mass is 9.96. The van der Waals surface area contributed by atoms with Crippen LogP contribution in [0.25, 0.3) is 88.2 Å². The Balaban J connectivity index is 1.08. The number of hydrogen-bond acceptors (Lipinski definition) is 4. The molecule has 0 fully saturated rings. The molecule has 5 nitrogen and oxygen atoms in total. The zero-order valence-corrected chi connectivity index (χ0v) is 32.9. The number of benzene rings is 8. The van der Waals surface area contributed by atoms with Crippen molar-refractivity contribution in [1.82, 2.24) is 4.57 Å². The van der Waals surface area contributed by atoms with Crippen LogP contribution in [0.15, 0.2) is 206 Å². The van der Waals surface area contributed by atoms with E-state index in [-0.39, 0.29) is 0 Å². The zero-order valence-electron chi connectivity index (χ0n) is 32.9. The first-order valence-corrected chi connectivity index (χ1v) is 20.5. The van der Waals surface area contributed by atoms with Gasteiger partial charge in [-0.15, -0.1) is 0 Å². The molecule has 0 N–H and O–H groups in total. The third-order valence-electron chi connectivity index (χ3n) is 12.1. The molecule has 0 atom stereocenters. The van der Waals surface area contributed by atoms with Crippen molar-refractivity contribution >= 4 is 82.9 Å². The summed E-state index contributed by atoms with van der Waals surface area (Å²) in [5.74, 6) is 0.652. The molecule has 1 aliphatic rings. The molecule has 1 aliphatic heterocycles. The van der Waals surface area contributed by atoms with Gasteiger partial charge in [0.05, 0.1) is 22.4 Å². The average molecular weight is 772 g/mol. The minimum Gasteiger partial charge on any atom is -0.456 e. The number of para-hydroxylation sites is 3. The molecule has 12 rings (SSSR count). The normalized spacial score (nSPS) is 14.9. The van der Waals surface area contributed by atoms with Gasteiger partial charge in [0.1, 0.15) is 22.3 Å². The Labute approximate surface area is 345 Å². The lowest BCUT2D eigenvalue weighted by Gasteiger charge is -2.17. The summed E-state index contributed by atoms with van der Waals surface area (Å²) in [6.07, 6.45) is 1.60. The Morgan fingerprint density at radius 2 is 1.10 bits per heavy atom. The van der Waals surface area contributed by atoms with Gasteiger partial charge in [0.15, 0.2) is 5.84 Å². The Kier molecular flexibility index (Phi) is 7.82. The molecule has 0 saturated heterocycles. The molecule has 8 aromatic carbocycles. The number of furan rings is 2. The number of hydrogen-bond donors (Lipinski definition) is 0. The van der Waals surface area contributed by atoms with E-state index >= 15 is 0 Å². The fraction of sp³-hybridized carbons (Fsp3) is 0.0545. The molecule has 11 aromatic rings. The third kappa shape index (κ3) is 5.47. The van der Waals surface area contributed by atoms with Gasteiger partial charge >= 0.3 is 0 Å². The molecule has 4 heterocycles. The minimum atomic E-state index is 0.652. The number of aromatic nitrogens is 1. The van der Waals surface area contributed by atoms with Crippen LogP contribution in [0.3, 0.4) is 0 Å². The van der Waals surface area contributed by atoms with Crippen LogP contribution in [0, 0.1) is 0 Å². The second-order valence-corrected chi connectivity index (χ2v) is 15.7. The number of aliphatic imine (C=N–C) groups is 2. The van der Waals surface area contributed by atoms with Gasteiger partial charge in [-0.1, -0.05) is 121 Å². The highest BCUT2D eigenvalue weighted by atomic mass is 16.3. The van der Waals surface area contributed by atoms with Gasteiger partial charge in [-0.25, -0.2) is 9.98 Å². The Hall–Kier alpha value is -7.76. The second kappa shape index (κ2) is 13.7. The van der Waals surface area contributed by atoms with E-state index in [0.717, 1.165) is 96.1 Å². The minimum absolute atomic E-state index is 0.652. The smallest absolute Gasteiger partial charge is 0.160 e. The van der Waals surface area contributed by atoms with Crippen LogP contribution in [-0.2, 0) is 0 Å². The fourth-order valence-corrected chi connectivity index (χ4v) is 9.27. The van der Waals surface area contributed by atoms with Crippen molar-refractivity contribution in [1.29, 1.82) is 0 Å². The standard InChI is InChI=1S/C55H37N3O2/c1-34-26-30-45(35-14-4-2-5-15-35)56-55(57-54(34)37-27-29-41-40-18-9-11-24-48(40)60-51(41)33-37)43-21-13-25-50-53(43)44-32-36(28-31-49(44)59-50)39-20-12-23-47-52(39)42-19-8-10-22-46(42)58(47)38-16-6-3-7-17-38/h2-25,27-29,31-33H,26,30H2,1H3/b54-34-,56-45?,57-55?. The third-order valence-corrected chi connectivity index (χ3v) is 12.1. The number of rotatable bonds is 5. The number of fused-ring (bicyclic) bond motifs is 9. The fourth-order valence-electron chi connectivity index (χ4n) is 9.27. The number of amidine groups is 1. The highest BCUT2D eigenvalue weighted by Gasteiger charge is 2.22. The average Bonchev–Trinajstić information content (AvgIpc) is 3.97. The van der Waals surface area contributed by atoms with Crippen LogP contribution in [0.4, 0.5) is 0 Å². The van der Waals surface area contributed by atoms with Crippen molar-refractivity contribution < 1.29 is 8.83 Å². The second-order valence-electron chi connectivity index (χ2n) is 15.7. The lowest BCUT2D eigenvalue weighted by molar-refractivity contribution is 0.668. The summed E-state index contributed by atoms with van der Waals surface area (Å²) in [6.45, 7) is 2.20. The van der Waals surface area contributed by atoms with E-state index in [0.29, 0.717) is 5.84 Å². The highest BCUT2D eigenvalue weighted by molar-refractivity contribution is 6.23. The molecule has 5 heteroatoms. The monoisotopic (exact) mass is 771 g/mol. The van der Waals surface area contributed by atoms with E-state index in [2.05, 4.69) is 181 Å². The molecular formula is C55H37N3O2. The summed E-state index contributed by atoms with van der Waals surface area (Å²) in [5.41, 5.74) is 15.2. The summed E-state index contributed by atoms with van der Waals surface area (Å²) in [6, 6.07) is 63.9. The maximum Gasteiger partial charge on any atom is 0.160 e. The van der Waals surface area contributed by atoms with E-state index in [9.17, 15) is 0 Å². The maximum absolute atomic E-state index is 6.64. The molecule has 3 aromatic heterocycles. The first-order valence-electron chi connectivity index (χ1n) is 20.5. The van der Waals surface area contributed by atoms with Crippen LogP contribution < -0.4 is 0 Å². The van der Waals surface area contributed by atoms with Crippen molar-refractivity contribution in [3.8, 4) is 16.8 Å². The van der Waals surface area contributed by atoms with Gasteiger partial charge < -0.3 is 13.4 Å². The SMILES string of the molecule is C/C1=C(\c2ccc3c(c2)oc2ccccc23)N=C(c2cccc3oc4ccc(-c5cccc6c5c5ccccc5n6-c5ccccc5)cc4c23)N=C(c2ccccc2)CC1. The van der Waals surface area contributed by atoms with Crippen molar-refractivity contribution in [3.05, 3.63) is 204 Å². The number of nitrogens with zero attached hydrogens (tertiary/aromatic N) is 3. The van der Waals surface area contributed by atoms with Crippen molar-refractivity contribution in [3.63, 3.8) is 0 Å². The first-order chi connectivity index (χ1) is 29.7. The molecule has 0 bridgehead atoms. The van der Waals surface area contributed by atoms with Crippen molar-refractivity contribution in [2.45, 2.75) is 19.8 Å². The maximum atomic E-state index is 6.64. The molecular weight excluding hydrogens is 735 g/mol. The van der Waals surface area contributed by atoms with Gasteiger partial charge in [-0.3, -0.25) is 0 Å². The van der Waals surface area contributed by atoms with E-state index < -0.39 is 0 Å². The molecule has 0 unspecified atom stereocenters. The van der Waals surface area contributed by atoms with E-state index in [1.54, 1.807) is 0 Å². The molecule has 0 aliphatic carbocycles. The first kappa shape index (κ1) is 34.3. The van der Waals surface area contributed by atoms with Crippen LogP contribution in [0.1, 0.15) is 36.5 Å². The molecule has 284 valence electrons. The predicted octanol–water partition coefficient (Wildman–Crippen LogP) is 14.7. The largest absolute Gasteiger partial charge is 0.456 e. The summed E-state index contributed by atoms with van der Waals surface area (Å²) in [7, 11) is 0. The summed E-state index contributed by atoms with van der Waals surface area (Å²) >= 11 is 0. The van der Waals surface area contributed by atoms with Gasteiger partial charge in [-0.2, -0.15) is 0 Å². The topological polar surface area (TPSA) is 55.9 Å². The summed E-state index contributed by atoms with van der Waals surface area (Å²) in [4.78, 5) is 11.0. The lowest BCUT2D eigenvalue weighted by Crippen LogP contribution is -2.10.